The van der Waals surface area contributed by atoms with Crippen molar-refractivity contribution in [1.82, 2.24) is 6.15 Å². The van der Waals surface area contributed by atoms with Crippen LogP contribution in [0.1, 0.15) is 20.3 Å². The third-order valence-corrected chi connectivity index (χ3v) is 0.882. The lowest BCUT2D eigenvalue weighted by atomic mass is 10.3. The summed E-state index contributed by atoms with van der Waals surface area (Å²) in [5, 5.41) is 8.96. The van der Waals surface area contributed by atoms with Crippen LogP contribution < -0.4 is 6.15 Å². The standard InChI is InChI=1S/C4H9N2O2.H3N/c1-3-4(2)5-6(7)8;/h4H,3H2,1-2H3;1H3/q-1;/p+1. The van der Waals surface area contributed by atoms with Crippen LogP contribution in [-0.4, -0.2) is 11.1 Å². The van der Waals surface area contributed by atoms with E-state index in [2.05, 4.69) is 5.43 Å². The maximum atomic E-state index is 9.61. The predicted octanol–water partition coefficient (Wildman–Crippen LogP) is 1.73. The van der Waals surface area contributed by atoms with Gasteiger partial charge in [0.25, 0.3) is 0 Å². The average molecular weight is 135 g/mol. The monoisotopic (exact) mass is 135 g/mol. The fourth-order valence-corrected chi connectivity index (χ4v) is 0.243. The summed E-state index contributed by atoms with van der Waals surface area (Å²) >= 11 is 0. The molecule has 0 amide bonds. The molecule has 0 heterocycles. The molecule has 0 saturated heterocycles. The first-order valence-electron chi connectivity index (χ1n) is 2.52. The fourth-order valence-electron chi connectivity index (χ4n) is 0.243. The topological polar surface area (TPSA) is 93.7 Å². The number of hydrogen-bond acceptors (Lipinski definition) is 2. The minimum absolute atomic E-state index is 0. The molecule has 9 heavy (non-hydrogen) atoms. The molecular weight excluding hydrogens is 122 g/mol. The van der Waals surface area contributed by atoms with Gasteiger partial charge in [0.1, 0.15) is 0 Å². The van der Waals surface area contributed by atoms with E-state index in [4.69, 9.17) is 0 Å². The van der Waals surface area contributed by atoms with Crippen molar-refractivity contribution in [2.24, 2.45) is 0 Å². The lowest BCUT2D eigenvalue weighted by Gasteiger charge is -2.15. The Morgan fingerprint density at radius 2 is 2.22 bits per heavy atom. The molecule has 5 heteroatoms. The van der Waals surface area contributed by atoms with Gasteiger partial charge in [0.2, 0.25) is 0 Å². The number of nitrogens with zero attached hydrogens (tertiary/aromatic N) is 2. The molecule has 0 aromatic rings. The molecule has 0 aromatic carbocycles. The highest BCUT2D eigenvalue weighted by molar-refractivity contribution is 4.71. The van der Waals surface area contributed by atoms with E-state index in [1.165, 1.54) is 0 Å². The Hall–Kier alpha value is -0.840. The Balaban J connectivity index is 0. The second-order valence-corrected chi connectivity index (χ2v) is 1.61. The van der Waals surface area contributed by atoms with Crippen LogP contribution in [-0.2, 0) is 0 Å². The van der Waals surface area contributed by atoms with Crippen molar-refractivity contribution in [3.05, 3.63) is 15.5 Å². The van der Waals surface area contributed by atoms with E-state index in [0.29, 0.717) is 0 Å². The summed E-state index contributed by atoms with van der Waals surface area (Å²) in [4.78, 5) is 9.61. The van der Waals surface area contributed by atoms with Crippen LogP contribution in [0.15, 0.2) is 0 Å². The van der Waals surface area contributed by atoms with Crippen LogP contribution in [0.3, 0.4) is 0 Å². The van der Waals surface area contributed by atoms with Crippen molar-refractivity contribution in [3.8, 4) is 0 Å². The highest BCUT2D eigenvalue weighted by atomic mass is 16.7. The predicted molar refractivity (Wildman–Crippen MR) is 36.1 cm³/mol. The van der Waals surface area contributed by atoms with Gasteiger partial charge in [-0.15, -0.1) is 0 Å². The van der Waals surface area contributed by atoms with E-state index in [1.807, 2.05) is 6.92 Å². The van der Waals surface area contributed by atoms with Crippen LogP contribution in [0.4, 0.5) is 0 Å². The van der Waals surface area contributed by atoms with Gasteiger partial charge >= 0.3 is 0 Å². The fraction of sp³-hybridized carbons (Fsp3) is 1.00. The molecule has 0 bridgehead atoms. The quantitative estimate of drug-likeness (QED) is 0.471. The van der Waals surface area contributed by atoms with Crippen LogP contribution >= 0.6 is 0 Å². The first-order chi connectivity index (χ1) is 3.66. The first-order valence-corrected chi connectivity index (χ1v) is 2.52. The molecule has 1 unspecified atom stereocenters. The van der Waals surface area contributed by atoms with Gasteiger partial charge in [-0.25, -0.2) is 0 Å². The summed E-state index contributed by atoms with van der Waals surface area (Å²) in [7, 11) is 0. The van der Waals surface area contributed by atoms with E-state index in [1.54, 1.807) is 6.92 Å². The Morgan fingerprint density at radius 3 is 2.33 bits per heavy atom. The molecule has 0 spiro atoms. The van der Waals surface area contributed by atoms with Gasteiger partial charge in [0.15, 0.2) is 0 Å². The minimum Gasteiger partial charge on any atom is -0.376 e. The molecule has 0 aliphatic heterocycles. The summed E-state index contributed by atoms with van der Waals surface area (Å²) in [5.41, 5.74) is 3.12. The van der Waals surface area contributed by atoms with Gasteiger partial charge in [0, 0.05) is 0 Å². The lowest BCUT2D eigenvalue weighted by Crippen LogP contribution is -2.03. The summed E-state index contributed by atoms with van der Waals surface area (Å²) < 4.78 is 0. The maximum absolute atomic E-state index is 9.61. The van der Waals surface area contributed by atoms with Crippen LogP contribution in [0.5, 0.6) is 0 Å². The third-order valence-electron chi connectivity index (χ3n) is 0.882. The molecule has 56 valence electrons. The molecule has 5 nitrogen and oxygen atoms in total. The van der Waals surface area contributed by atoms with Crippen molar-refractivity contribution in [2.75, 3.05) is 0 Å². The molecule has 0 radical (unpaired) electrons. The number of quaternary nitrogens is 1. The van der Waals surface area contributed by atoms with E-state index in [9.17, 15) is 10.1 Å². The third kappa shape index (κ3) is 7.16. The van der Waals surface area contributed by atoms with Gasteiger partial charge in [-0.05, 0) is 5.03 Å². The number of rotatable bonds is 3. The zero-order chi connectivity index (χ0) is 6.57. The van der Waals surface area contributed by atoms with Gasteiger partial charge < -0.3 is 11.6 Å². The molecule has 0 fully saturated rings. The molecule has 1 atom stereocenters. The summed E-state index contributed by atoms with van der Waals surface area (Å²) in [6.07, 6.45) is 0.723. The Kier molecular flexibility index (Phi) is 6.49. The number of nitro groups is 1. The van der Waals surface area contributed by atoms with Crippen molar-refractivity contribution in [1.29, 1.82) is 0 Å². The molecule has 0 rings (SSSR count). The van der Waals surface area contributed by atoms with Gasteiger partial charge in [-0.1, -0.05) is 26.3 Å². The lowest BCUT2D eigenvalue weighted by molar-refractivity contribution is -0.430. The highest BCUT2D eigenvalue weighted by Crippen LogP contribution is 2.01. The molecule has 0 aliphatic carbocycles. The second-order valence-electron chi connectivity index (χ2n) is 1.61. The largest absolute Gasteiger partial charge is 0.376 e. The summed E-state index contributed by atoms with van der Waals surface area (Å²) in [6.45, 7) is 3.57. The van der Waals surface area contributed by atoms with Crippen LogP contribution in [0, 0.1) is 10.1 Å². The number of hydrogen-bond donors (Lipinski definition) is 1. The smallest absolute Gasteiger partial charge is 0.0124 e. The van der Waals surface area contributed by atoms with Crippen molar-refractivity contribution in [3.63, 3.8) is 0 Å². The van der Waals surface area contributed by atoms with Gasteiger partial charge in [-0.2, -0.15) is 0 Å². The zero-order valence-corrected chi connectivity index (χ0v) is 6.00. The van der Waals surface area contributed by atoms with Gasteiger partial charge in [0.05, 0.1) is 0 Å². The second kappa shape index (κ2) is 5.30. The van der Waals surface area contributed by atoms with Crippen molar-refractivity contribution >= 4 is 0 Å². The van der Waals surface area contributed by atoms with E-state index in [-0.39, 0.29) is 12.2 Å². The van der Waals surface area contributed by atoms with E-state index >= 15 is 0 Å². The average Bonchev–Trinajstić information content (AvgIpc) is 1.65. The van der Waals surface area contributed by atoms with Crippen molar-refractivity contribution < 1.29 is 5.03 Å². The highest BCUT2D eigenvalue weighted by Gasteiger charge is 1.87. The molecule has 4 N–H and O–H groups in total. The van der Waals surface area contributed by atoms with E-state index in [0.717, 1.165) is 6.42 Å². The molecule has 0 aliphatic rings. The molecule has 0 saturated carbocycles. The summed E-state index contributed by atoms with van der Waals surface area (Å²) in [5.74, 6) is 0. The van der Waals surface area contributed by atoms with Gasteiger partial charge in [-0.3, -0.25) is 10.1 Å². The first kappa shape index (κ1) is 11.0. The van der Waals surface area contributed by atoms with Crippen LogP contribution in [0.2, 0.25) is 0 Å². The summed E-state index contributed by atoms with van der Waals surface area (Å²) in [6, 6.07) is -0.148. The molecule has 0 aromatic heterocycles. The molecular formula is C4H13N3O2. The SMILES string of the molecule is CCC(C)[N-][N+](=O)[O-].[NH4+]. The Labute approximate surface area is 54.1 Å². The van der Waals surface area contributed by atoms with E-state index < -0.39 is 5.03 Å². The Bertz CT molecular complexity index is 85.9. The minimum atomic E-state index is -0.645. The Morgan fingerprint density at radius 1 is 1.78 bits per heavy atom. The maximum Gasteiger partial charge on any atom is -0.0124 e. The van der Waals surface area contributed by atoms with Crippen molar-refractivity contribution in [2.45, 2.75) is 26.3 Å². The normalized spacial score (nSPS) is 11.3. The van der Waals surface area contributed by atoms with Crippen LogP contribution in [0.25, 0.3) is 5.43 Å². The zero-order valence-electron chi connectivity index (χ0n) is 6.00.